The number of carbonyl (C=O) groups is 1. The Bertz CT molecular complexity index is 387. The molecular formula is C11H13Br2NOS. The highest BCUT2D eigenvalue weighted by Crippen LogP contribution is 2.34. The van der Waals surface area contributed by atoms with Gasteiger partial charge in [-0.2, -0.15) is 0 Å². The lowest BCUT2D eigenvalue weighted by atomic mass is 9.85. The lowest BCUT2D eigenvalue weighted by molar-refractivity contribution is 0.0753. The summed E-state index contributed by atoms with van der Waals surface area (Å²) in [4.78, 5) is 15.4. The third-order valence-electron chi connectivity index (χ3n) is 2.87. The summed E-state index contributed by atoms with van der Waals surface area (Å²) in [6.07, 6.45) is 2.37. The topological polar surface area (TPSA) is 20.3 Å². The van der Waals surface area contributed by atoms with Crippen LogP contribution in [0.4, 0.5) is 0 Å². The van der Waals surface area contributed by atoms with Gasteiger partial charge in [-0.3, -0.25) is 4.79 Å². The van der Waals surface area contributed by atoms with Gasteiger partial charge in [0.05, 0.1) is 0 Å². The molecule has 0 unspecified atom stereocenters. The number of thiophene rings is 1. The monoisotopic (exact) mass is 365 g/mol. The molecule has 0 aromatic carbocycles. The van der Waals surface area contributed by atoms with Crippen molar-refractivity contribution < 1.29 is 4.79 Å². The van der Waals surface area contributed by atoms with Gasteiger partial charge < -0.3 is 4.90 Å². The lowest BCUT2D eigenvalue weighted by Crippen LogP contribution is -2.37. The van der Waals surface area contributed by atoms with Gasteiger partial charge in [-0.05, 0) is 46.1 Å². The summed E-state index contributed by atoms with van der Waals surface area (Å²) in [6, 6.07) is 1.92. The van der Waals surface area contributed by atoms with Crippen LogP contribution in [-0.4, -0.2) is 29.2 Å². The number of hydrogen-bond acceptors (Lipinski definition) is 2. The van der Waals surface area contributed by atoms with E-state index in [-0.39, 0.29) is 5.91 Å². The molecule has 2 rings (SSSR count). The van der Waals surface area contributed by atoms with E-state index >= 15 is 0 Å². The molecule has 2 nitrogen and oxygen atoms in total. The maximum Gasteiger partial charge on any atom is 0.264 e. The first-order chi connectivity index (χ1) is 7.58. The fourth-order valence-electron chi connectivity index (χ4n) is 1.89. The van der Waals surface area contributed by atoms with Crippen molar-refractivity contribution in [2.45, 2.75) is 17.7 Å². The summed E-state index contributed by atoms with van der Waals surface area (Å²) >= 11 is 8.46. The zero-order valence-electron chi connectivity index (χ0n) is 8.95. The molecule has 0 aliphatic heterocycles. The van der Waals surface area contributed by atoms with E-state index in [1.807, 2.05) is 23.4 Å². The second kappa shape index (κ2) is 5.19. The van der Waals surface area contributed by atoms with Crippen molar-refractivity contribution >= 4 is 49.1 Å². The smallest absolute Gasteiger partial charge is 0.264 e. The summed E-state index contributed by atoms with van der Waals surface area (Å²) < 4.78 is 0.904. The quantitative estimate of drug-likeness (QED) is 0.746. The molecule has 1 aliphatic rings. The Balaban J connectivity index is 1.92. The minimum Gasteiger partial charge on any atom is -0.341 e. The maximum atomic E-state index is 12.1. The van der Waals surface area contributed by atoms with Crippen LogP contribution in [0.3, 0.4) is 0 Å². The molecule has 16 heavy (non-hydrogen) atoms. The number of alkyl halides is 1. The van der Waals surface area contributed by atoms with Crippen molar-refractivity contribution in [3.05, 3.63) is 20.8 Å². The number of carbonyl (C=O) groups excluding carboxylic acids is 1. The molecule has 1 saturated carbocycles. The van der Waals surface area contributed by atoms with Crippen molar-refractivity contribution in [3.8, 4) is 0 Å². The predicted octanol–water partition coefficient (Wildman–Crippen LogP) is 3.76. The van der Waals surface area contributed by atoms with E-state index in [4.69, 9.17) is 0 Å². The van der Waals surface area contributed by atoms with E-state index in [0.29, 0.717) is 10.7 Å². The highest BCUT2D eigenvalue weighted by Gasteiger charge is 2.29. The molecule has 0 radical (unpaired) electrons. The SMILES string of the molecule is CN(CC1CC(Br)C1)C(=O)c1sccc1Br. The van der Waals surface area contributed by atoms with Gasteiger partial charge in [0.25, 0.3) is 5.91 Å². The molecule has 1 aliphatic carbocycles. The third kappa shape index (κ3) is 2.68. The Morgan fingerprint density at radius 1 is 1.62 bits per heavy atom. The van der Waals surface area contributed by atoms with Gasteiger partial charge in [-0.15, -0.1) is 11.3 Å². The van der Waals surface area contributed by atoms with Crippen LogP contribution in [0.2, 0.25) is 0 Å². The Morgan fingerprint density at radius 3 is 2.81 bits per heavy atom. The van der Waals surface area contributed by atoms with Crippen molar-refractivity contribution in [2.75, 3.05) is 13.6 Å². The van der Waals surface area contributed by atoms with Crippen molar-refractivity contribution in [1.29, 1.82) is 0 Å². The molecular weight excluding hydrogens is 354 g/mol. The van der Waals surface area contributed by atoms with Gasteiger partial charge in [0.15, 0.2) is 0 Å². The molecule has 1 fully saturated rings. The molecule has 5 heteroatoms. The summed E-state index contributed by atoms with van der Waals surface area (Å²) in [5.41, 5.74) is 0. The van der Waals surface area contributed by atoms with Gasteiger partial charge >= 0.3 is 0 Å². The van der Waals surface area contributed by atoms with Crippen LogP contribution < -0.4 is 0 Å². The Labute approximate surface area is 116 Å². The van der Waals surface area contributed by atoms with E-state index in [1.165, 1.54) is 24.2 Å². The zero-order chi connectivity index (χ0) is 11.7. The normalized spacial score (nSPS) is 23.9. The largest absolute Gasteiger partial charge is 0.341 e. The molecule has 1 aromatic rings. The van der Waals surface area contributed by atoms with Crippen LogP contribution in [0, 0.1) is 5.92 Å². The Hall–Kier alpha value is 0.130. The van der Waals surface area contributed by atoms with E-state index in [9.17, 15) is 4.79 Å². The summed E-state index contributed by atoms with van der Waals surface area (Å²) in [5, 5.41) is 1.93. The molecule has 1 aromatic heterocycles. The molecule has 1 heterocycles. The predicted molar refractivity (Wildman–Crippen MR) is 74.4 cm³/mol. The summed E-state index contributed by atoms with van der Waals surface area (Å²) in [5.74, 6) is 0.789. The molecule has 0 N–H and O–H groups in total. The van der Waals surface area contributed by atoms with Crippen molar-refractivity contribution in [3.63, 3.8) is 0 Å². The average Bonchev–Trinajstić information content (AvgIpc) is 2.61. The number of hydrogen-bond donors (Lipinski definition) is 0. The molecule has 0 saturated heterocycles. The van der Waals surface area contributed by atoms with Crippen LogP contribution in [0.1, 0.15) is 22.5 Å². The van der Waals surface area contributed by atoms with E-state index in [1.54, 1.807) is 0 Å². The van der Waals surface area contributed by atoms with Crippen LogP contribution in [0.5, 0.6) is 0 Å². The Morgan fingerprint density at radius 2 is 2.31 bits per heavy atom. The highest BCUT2D eigenvalue weighted by molar-refractivity contribution is 9.10. The van der Waals surface area contributed by atoms with Crippen LogP contribution >= 0.6 is 43.2 Å². The molecule has 0 spiro atoms. The first-order valence-electron chi connectivity index (χ1n) is 5.20. The third-order valence-corrected chi connectivity index (χ3v) is 5.44. The molecule has 1 amide bonds. The number of halogens is 2. The van der Waals surface area contributed by atoms with E-state index in [2.05, 4.69) is 31.9 Å². The van der Waals surface area contributed by atoms with Crippen molar-refractivity contribution in [2.24, 2.45) is 5.92 Å². The number of nitrogens with zero attached hydrogens (tertiary/aromatic N) is 1. The molecule has 0 atom stereocenters. The van der Waals surface area contributed by atoms with E-state index in [0.717, 1.165) is 15.9 Å². The fourth-order valence-corrected chi connectivity index (χ4v) is 4.49. The first-order valence-corrected chi connectivity index (χ1v) is 7.79. The molecule has 0 bridgehead atoms. The van der Waals surface area contributed by atoms with E-state index < -0.39 is 0 Å². The van der Waals surface area contributed by atoms with Gasteiger partial charge in [0.2, 0.25) is 0 Å². The zero-order valence-corrected chi connectivity index (χ0v) is 12.9. The number of rotatable bonds is 3. The minimum absolute atomic E-state index is 0.125. The standard InChI is InChI=1S/C11H13Br2NOS/c1-14(6-7-4-8(12)5-7)11(15)10-9(13)2-3-16-10/h2-3,7-8H,4-6H2,1H3. The first kappa shape index (κ1) is 12.6. The molecule has 88 valence electrons. The highest BCUT2D eigenvalue weighted by atomic mass is 79.9. The van der Waals surface area contributed by atoms with Gasteiger partial charge in [-0.1, -0.05) is 15.9 Å². The summed E-state index contributed by atoms with van der Waals surface area (Å²) in [6.45, 7) is 0.866. The van der Waals surface area contributed by atoms with Gasteiger partial charge in [-0.25, -0.2) is 0 Å². The average molecular weight is 367 g/mol. The van der Waals surface area contributed by atoms with Gasteiger partial charge in [0.1, 0.15) is 4.88 Å². The van der Waals surface area contributed by atoms with Crippen molar-refractivity contribution in [1.82, 2.24) is 4.90 Å². The summed E-state index contributed by atoms with van der Waals surface area (Å²) in [7, 11) is 1.88. The van der Waals surface area contributed by atoms with Crippen LogP contribution in [0.15, 0.2) is 15.9 Å². The van der Waals surface area contributed by atoms with Crippen LogP contribution in [0.25, 0.3) is 0 Å². The van der Waals surface area contributed by atoms with Crippen LogP contribution in [-0.2, 0) is 0 Å². The van der Waals surface area contributed by atoms with Gasteiger partial charge in [0, 0.05) is 22.9 Å². The maximum absolute atomic E-state index is 12.1. The minimum atomic E-state index is 0.125. The number of amides is 1. The second-order valence-electron chi connectivity index (χ2n) is 4.22. The second-order valence-corrected chi connectivity index (χ2v) is 7.28. The Kier molecular flexibility index (Phi) is 4.08. The lowest BCUT2D eigenvalue weighted by Gasteiger charge is -2.34. The fraction of sp³-hybridized carbons (Fsp3) is 0.545.